The van der Waals surface area contributed by atoms with Crippen molar-refractivity contribution in [1.29, 1.82) is 0 Å². The van der Waals surface area contributed by atoms with E-state index in [4.69, 9.17) is 5.73 Å². The quantitative estimate of drug-likeness (QED) is 0.816. The summed E-state index contributed by atoms with van der Waals surface area (Å²) in [5.41, 5.74) is 8.63. The zero-order valence-electron chi connectivity index (χ0n) is 11.3. The lowest BCUT2D eigenvalue weighted by atomic mass is 10.1. The highest BCUT2D eigenvalue weighted by atomic mass is 32.2. The van der Waals surface area contributed by atoms with Crippen LogP contribution in [0.4, 0.5) is 0 Å². The summed E-state index contributed by atoms with van der Waals surface area (Å²) >= 11 is 1.79. The molecule has 0 saturated carbocycles. The summed E-state index contributed by atoms with van der Waals surface area (Å²) in [7, 11) is 0. The Kier molecular flexibility index (Phi) is 5.43. The molecule has 100 valence electrons. The summed E-state index contributed by atoms with van der Waals surface area (Å²) in [6.45, 7) is 2.12. The zero-order chi connectivity index (χ0) is 13.5. The first kappa shape index (κ1) is 14.1. The minimum absolute atomic E-state index is 0.222. The van der Waals surface area contributed by atoms with E-state index >= 15 is 0 Å². The number of hydrogen-bond acceptors (Lipinski definition) is 3. The SMILES string of the molecule is CCC(N)Cc1cccnc1SCc1ccccc1. The molecule has 0 bridgehead atoms. The molecule has 0 radical (unpaired) electrons. The Labute approximate surface area is 119 Å². The highest BCUT2D eigenvalue weighted by molar-refractivity contribution is 7.98. The van der Waals surface area contributed by atoms with Gasteiger partial charge < -0.3 is 5.73 Å². The molecule has 2 aromatic rings. The molecule has 2 rings (SSSR count). The second-order valence-electron chi connectivity index (χ2n) is 4.61. The van der Waals surface area contributed by atoms with Crippen LogP contribution < -0.4 is 5.73 Å². The van der Waals surface area contributed by atoms with E-state index in [-0.39, 0.29) is 6.04 Å². The van der Waals surface area contributed by atoms with E-state index in [0.717, 1.165) is 23.6 Å². The highest BCUT2D eigenvalue weighted by Crippen LogP contribution is 2.24. The molecule has 3 heteroatoms. The smallest absolute Gasteiger partial charge is 0.0995 e. The van der Waals surface area contributed by atoms with Gasteiger partial charge in [-0.3, -0.25) is 0 Å². The Morgan fingerprint density at radius 3 is 2.68 bits per heavy atom. The maximum absolute atomic E-state index is 6.04. The lowest BCUT2D eigenvalue weighted by Gasteiger charge is -2.12. The average molecular weight is 272 g/mol. The van der Waals surface area contributed by atoms with E-state index < -0.39 is 0 Å². The zero-order valence-corrected chi connectivity index (χ0v) is 12.1. The van der Waals surface area contributed by atoms with Crippen molar-refractivity contribution >= 4 is 11.8 Å². The average Bonchev–Trinajstić information content (AvgIpc) is 2.47. The van der Waals surface area contributed by atoms with Crippen molar-refractivity contribution in [3.05, 3.63) is 59.8 Å². The maximum Gasteiger partial charge on any atom is 0.0995 e. The van der Waals surface area contributed by atoms with Crippen LogP contribution in [0.25, 0.3) is 0 Å². The van der Waals surface area contributed by atoms with Gasteiger partial charge in [-0.2, -0.15) is 0 Å². The number of nitrogens with zero attached hydrogens (tertiary/aromatic N) is 1. The first-order chi connectivity index (χ1) is 9.29. The molecule has 2 nitrogen and oxygen atoms in total. The number of rotatable bonds is 6. The Balaban J connectivity index is 2.03. The fourth-order valence-electron chi connectivity index (χ4n) is 1.86. The van der Waals surface area contributed by atoms with Gasteiger partial charge in [0.25, 0.3) is 0 Å². The second-order valence-corrected chi connectivity index (χ2v) is 5.58. The third-order valence-corrected chi connectivity index (χ3v) is 4.19. The van der Waals surface area contributed by atoms with E-state index in [1.807, 2.05) is 18.3 Å². The van der Waals surface area contributed by atoms with Crippen molar-refractivity contribution in [1.82, 2.24) is 4.98 Å². The molecule has 0 spiro atoms. The van der Waals surface area contributed by atoms with Gasteiger partial charge in [-0.25, -0.2) is 4.98 Å². The van der Waals surface area contributed by atoms with Gasteiger partial charge in [0.1, 0.15) is 0 Å². The third kappa shape index (κ3) is 4.37. The van der Waals surface area contributed by atoms with Crippen LogP contribution >= 0.6 is 11.8 Å². The van der Waals surface area contributed by atoms with Crippen molar-refractivity contribution in [2.45, 2.75) is 36.6 Å². The molecule has 1 heterocycles. The standard InChI is InChI=1S/C16H20N2S/c1-2-15(17)11-14-9-6-10-18-16(14)19-12-13-7-4-3-5-8-13/h3-10,15H,2,11-12,17H2,1H3. The van der Waals surface area contributed by atoms with Crippen molar-refractivity contribution in [2.75, 3.05) is 0 Å². The monoisotopic (exact) mass is 272 g/mol. The van der Waals surface area contributed by atoms with E-state index in [1.165, 1.54) is 11.1 Å². The first-order valence-corrected chi connectivity index (χ1v) is 7.64. The molecule has 0 amide bonds. The normalized spacial score (nSPS) is 12.3. The molecule has 0 saturated heterocycles. The van der Waals surface area contributed by atoms with Gasteiger partial charge in [0, 0.05) is 18.0 Å². The molecule has 2 N–H and O–H groups in total. The maximum atomic E-state index is 6.04. The van der Waals surface area contributed by atoms with Crippen LogP contribution in [0.2, 0.25) is 0 Å². The largest absolute Gasteiger partial charge is 0.327 e. The van der Waals surface area contributed by atoms with E-state index in [1.54, 1.807) is 11.8 Å². The van der Waals surface area contributed by atoms with E-state index in [2.05, 4.69) is 42.2 Å². The summed E-state index contributed by atoms with van der Waals surface area (Å²) in [6.07, 6.45) is 3.76. The van der Waals surface area contributed by atoms with Crippen LogP contribution in [0.5, 0.6) is 0 Å². The number of nitrogens with two attached hydrogens (primary N) is 1. The van der Waals surface area contributed by atoms with Crippen LogP contribution in [-0.2, 0) is 12.2 Å². The predicted octanol–water partition coefficient (Wildman–Crippen LogP) is 3.65. The highest BCUT2D eigenvalue weighted by Gasteiger charge is 2.08. The van der Waals surface area contributed by atoms with Gasteiger partial charge in [-0.1, -0.05) is 43.3 Å². The van der Waals surface area contributed by atoms with E-state index in [0.29, 0.717) is 0 Å². The number of thioether (sulfide) groups is 1. The molecule has 0 aliphatic carbocycles. The summed E-state index contributed by atoms with van der Waals surface area (Å²) in [6, 6.07) is 14.8. The third-order valence-electron chi connectivity index (χ3n) is 3.07. The number of pyridine rings is 1. The molecular weight excluding hydrogens is 252 g/mol. The van der Waals surface area contributed by atoms with Crippen LogP contribution in [0.3, 0.4) is 0 Å². The van der Waals surface area contributed by atoms with Crippen LogP contribution in [-0.4, -0.2) is 11.0 Å². The summed E-state index contributed by atoms with van der Waals surface area (Å²) in [5, 5.41) is 1.11. The molecule has 0 fully saturated rings. The molecular formula is C16H20N2S. The Hall–Kier alpha value is -1.32. The fourth-order valence-corrected chi connectivity index (χ4v) is 2.83. The van der Waals surface area contributed by atoms with Gasteiger partial charge in [0.2, 0.25) is 0 Å². The molecule has 0 aliphatic heterocycles. The topological polar surface area (TPSA) is 38.9 Å². The van der Waals surface area contributed by atoms with Crippen LogP contribution in [0.15, 0.2) is 53.7 Å². The Bertz CT molecular complexity index is 499. The van der Waals surface area contributed by atoms with Crippen LogP contribution in [0.1, 0.15) is 24.5 Å². The van der Waals surface area contributed by atoms with Gasteiger partial charge in [-0.05, 0) is 30.0 Å². The molecule has 1 aromatic carbocycles. The first-order valence-electron chi connectivity index (χ1n) is 6.65. The van der Waals surface area contributed by atoms with Crippen molar-refractivity contribution in [3.8, 4) is 0 Å². The summed E-state index contributed by atoms with van der Waals surface area (Å²) in [5.74, 6) is 0.951. The summed E-state index contributed by atoms with van der Waals surface area (Å²) < 4.78 is 0. The minimum atomic E-state index is 0.222. The Morgan fingerprint density at radius 2 is 1.95 bits per heavy atom. The second kappa shape index (κ2) is 7.31. The lowest BCUT2D eigenvalue weighted by molar-refractivity contribution is 0.637. The molecule has 1 unspecified atom stereocenters. The van der Waals surface area contributed by atoms with Gasteiger partial charge >= 0.3 is 0 Å². The lowest BCUT2D eigenvalue weighted by Crippen LogP contribution is -2.21. The summed E-state index contributed by atoms with van der Waals surface area (Å²) in [4.78, 5) is 4.49. The van der Waals surface area contributed by atoms with Crippen molar-refractivity contribution in [3.63, 3.8) is 0 Å². The Morgan fingerprint density at radius 1 is 1.16 bits per heavy atom. The number of aromatic nitrogens is 1. The minimum Gasteiger partial charge on any atom is -0.327 e. The molecule has 1 aromatic heterocycles. The van der Waals surface area contributed by atoms with Crippen molar-refractivity contribution in [2.24, 2.45) is 5.73 Å². The number of benzene rings is 1. The van der Waals surface area contributed by atoms with Gasteiger partial charge in [0.15, 0.2) is 0 Å². The van der Waals surface area contributed by atoms with Crippen LogP contribution in [0, 0.1) is 0 Å². The van der Waals surface area contributed by atoms with Gasteiger partial charge in [0.05, 0.1) is 5.03 Å². The predicted molar refractivity (Wildman–Crippen MR) is 82.2 cm³/mol. The molecule has 1 atom stereocenters. The molecule has 19 heavy (non-hydrogen) atoms. The van der Waals surface area contributed by atoms with Crippen molar-refractivity contribution < 1.29 is 0 Å². The molecule has 0 aliphatic rings. The van der Waals surface area contributed by atoms with Gasteiger partial charge in [-0.15, -0.1) is 11.8 Å². The number of hydrogen-bond donors (Lipinski definition) is 1. The fraction of sp³-hybridized carbons (Fsp3) is 0.312. The van der Waals surface area contributed by atoms with E-state index in [9.17, 15) is 0 Å².